The monoisotopic (exact) mass is 467 g/mol. The van der Waals surface area contributed by atoms with Crippen LogP contribution < -0.4 is 15.0 Å². The number of methoxy groups -OCH3 is 1. The molecule has 2 fully saturated rings. The number of piperazine rings is 1. The van der Waals surface area contributed by atoms with E-state index in [-0.39, 0.29) is 5.91 Å². The number of aliphatic imine (C=N–C) groups is 1. The number of nitrogens with zero attached hydrogens (tertiary/aromatic N) is 6. The van der Waals surface area contributed by atoms with Crippen molar-refractivity contribution in [3.63, 3.8) is 0 Å². The summed E-state index contributed by atoms with van der Waals surface area (Å²) in [5, 5.41) is 2.45. The van der Waals surface area contributed by atoms with Gasteiger partial charge >= 0.3 is 6.03 Å². The summed E-state index contributed by atoms with van der Waals surface area (Å²) in [5.74, 6) is 1.38. The number of ether oxygens (including phenoxy) is 1. The molecule has 0 aliphatic carbocycles. The third-order valence-corrected chi connectivity index (χ3v) is 7.44. The van der Waals surface area contributed by atoms with Gasteiger partial charge in [0.25, 0.3) is 5.91 Å². The number of carbonyl (C=O) groups is 2. The summed E-state index contributed by atoms with van der Waals surface area (Å²) < 4.78 is 5.26. The number of anilines is 1. The third kappa shape index (κ3) is 3.75. The molecule has 0 spiro atoms. The van der Waals surface area contributed by atoms with Crippen LogP contribution in [0.15, 0.2) is 40.7 Å². The molecule has 2 atom stereocenters. The maximum absolute atomic E-state index is 12.6. The van der Waals surface area contributed by atoms with E-state index in [0.717, 1.165) is 68.8 Å². The van der Waals surface area contributed by atoms with Crippen LogP contribution in [0.25, 0.3) is 0 Å². The normalized spacial score (nSPS) is 25.0. The number of rotatable bonds is 6. The van der Waals surface area contributed by atoms with Gasteiger partial charge in [0.1, 0.15) is 5.75 Å². The Balaban J connectivity index is 1.16. The van der Waals surface area contributed by atoms with Crippen LogP contribution in [0.4, 0.5) is 10.5 Å². The van der Waals surface area contributed by atoms with Crippen LogP contribution in [0.1, 0.15) is 20.3 Å². The summed E-state index contributed by atoms with van der Waals surface area (Å²) >= 11 is 0. The second-order valence-corrected chi connectivity index (χ2v) is 9.27. The highest BCUT2D eigenvalue weighted by atomic mass is 16.5. The van der Waals surface area contributed by atoms with Gasteiger partial charge in [-0.1, -0.05) is 0 Å². The number of urea groups is 1. The predicted molar refractivity (Wildman–Crippen MR) is 129 cm³/mol. The Hall–Kier alpha value is -3.27. The fourth-order valence-corrected chi connectivity index (χ4v) is 5.27. The highest BCUT2D eigenvalue weighted by Gasteiger charge is 2.52. The molecule has 1 aromatic carbocycles. The molecule has 3 amide bonds. The molecule has 0 saturated carbocycles. The van der Waals surface area contributed by atoms with Crippen LogP contribution >= 0.6 is 0 Å². The van der Waals surface area contributed by atoms with Crippen molar-refractivity contribution in [2.24, 2.45) is 4.99 Å². The standard InChI is InChI=1S/C24H33N7O3/c1-16-17(2)31-20-21(27(3)24(33)26-22(20)32)25-23(31)30(16)11-5-10-28-12-14-29(15-13-28)18-6-8-19(34-4)9-7-18/h6-9,20-21H,5,10-15H2,1-4H3,(H,26,32,33). The van der Waals surface area contributed by atoms with E-state index in [1.807, 2.05) is 24.0 Å². The summed E-state index contributed by atoms with van der Waals surface area (Å²) in [6.07, 6.45) is 0.517. The van der Waals surface area contributed by atoms with Gasteiger partial charge in [-0.25, -0.2) is 9.79 Å². The molecule has 10 heteroatoms. The Kier molecular flexibility index (Phi) is 5.85. The van der Waals surface area contributed by atoms with Crippen molar-refractivity contribution in [1.82, 2.24) is 24.9 Å². The number of hydrogen-bond donors (Lipinski definition) is 1. The minimum Gasteiger partial charge on any atom is -0.497 e. The number of guanidine groups is 1. The molecular weight excluding hydrogens is 434 g/mol. The lowest BCUT2D eigenvalue weighted by molar-refractivity contribution is -0.126. The largest absolute Gasteiger partial charge is 0.497 e. The zero-order valence-corrected chi connectivity index (χ0v) is 20.3. The Morgan fingerprint density at radius 2 is 1.74 bits per heavy atom. The zero-order valence-electron chi connectivity index (χ0n) is 20.3. The van der Waals surface area contributed by atoms with Gasteiger partial charge in [0.15, 0.2) is 12.2 Å². The van der Waals surface area contributed by atoms with Gasteiger partial charge in [-0.3, -0.25) is 19.9 Å². The smallest absolute Gasteiger partial charge is 0.325 e. The molecule has 0 radical (unpaired) electrons. The van der Waals surface area contributed by atoms with Crippen molar-refractivity contribution in [3.8, 4) is 5.75 Å². The molecule has 1 aromatic rings. The van der Waals surface area contributed by atoms with Crippen LogP contribution in [0.3, 0.4) is 0 Å². The van der Waals surface area contributed by atoms with E-state index in [0.29, 0.717) is 0 Å². The molecule has 4 heterocycles. The number of nitrogens with one attached hydrogen (secondary N) is 1. The first-order valence-corrected chi connectivity index (χ1v) is 11.9. The van der Waals surface area contributed by atoms with Crippen LogP contribution in [-0.4, -0.2) is 103 Å². The molecule has 182 valence electrons. The Labute approximate surface area is 200 Å². The number of carbonyl (C=O) groups excluding carboxylic acids is 2. The molecule has 2 unspecified atom stereocenters. The number of benzene rings is 1. The Morgan fingerprint density at radius 3 is 2.41 bits per heavy atom. The van der Waals surface area contributed by atoms with Gasteiger partial charge in [0, 0.05) is 56.9 Å². The zero-order chi connectivity index (χ0) is 24.0. The van der Waals surface area contributed by atoms with Crippen molar-refractivity contribution in [3.05, 3.63) is 35.7 Å². The van der Waals surface area contributed by atoms with Crippen LogP contribution in [-0.2, 0) is 4.79 Å². The minimum atomic E-state index is -0.497. The fourth-order valence-electron chi connectivity index (χ4n) is 5.27. The lowest BCUT2D eigenvalue weighted by Gasteiger charge is -2.36. The maximum atomic E-state index is 12.6. The first-order valence-electron chi connectivity index (χ1n) is 11.9. The van der Waals surface area contributed by atoms with Gasteiger partial charge in [-0.2, -0.15) is 0 Å². The summed E-state index contributed by atoms with van der Waals surface area (Å²) in [5.41, 5.74) is 3.38. The highest BCUT2D eigenvalue weighted by molar-refractivity contribution is 6.05. The van der Waals surface area contributed by atoms with Crippen LogP contribution in [0, 0.1) is 0 Å². The van der Waals surface area contributed by atoms with Crippen molar-refractivity contribution >= 4 is 23.6 Å². The molecule has 1 N–H and O–H groups in total. The number of imide groups is 1. The van der Waals surface area contributed by atoms with E-state index >= 15 is 0 Å². The fraction of sp³-hybridized carbons (Fsp3) is 0.542. The molecule has 4 aliphatic rings. The minimum absolute atomic E-state index is 0.282. The second kappa shape index (κ2) is 8.83. The van der Waals surface area contributed by atoms with Crippen molar-refractivity contribution in [2.75, 3.05) is 58.3 Å². The Bertz CT molecular complexity index is 1030. The maximum Gasteiger partial charge on any atom is 0.325 e. The van der Waals surface area contributed by atoms with Gasteiger partial charge < -0.3 is 19.4 Å². The molecule has 2 saturated heterocycles. The lowest BCUT2D eigenvalue weighted by atomic mass is 10.1. The number of amides is 3. The summed E-state index contributed by atoms with van der Waals surface area (Å²) in [4.78, 5) is 40.1. The highest BCUT2D eigenvalue weighted by Crippen LogP contribution is 2.36. The van der Waals surface area contributed by atoms with E-state index in [1.54, 1.807) is 14.2 Å². The van der Waals surface area contributed by atoms with E-state index in [9.17, 15) is 9.59 Å². The van der Waals surface area contributed by atoms with Gasteiger partial charge in [0.05, 0.1) is 7.11 Å². The molecular formula is C24H33N7O3. The lowest BCUT2D eigenvalue weighted by Crippen LogP contribution is -2.63. The van der Waals surface area contributed by atoms with Crippen molar-refractivity contribution < 1.29 is 14.3 Å². The average molecular weight is 468 g/mol. The average Bonchev–Trinajstić information content (AvgIpc) is 3.35. The molecule has 0 aromatic heterocycles. The van der Waals surface area contributed by atoms with E-state index in [4.69, 9.17) is 9.73 Å². The molecule has 34 heavy (non-hydrogen) atoms. The quantitative estimate of drug-likeness (QED) is 0.676. The van der Waals surface area contributed by atoms with Gasteiger partial charge in [-0.15, -0.1) is 0 Å². The van der Waals surface area contributed by atoms with Crippen LogP contribution in [0.2, 0.25) is 0 Å². The second-order valence-electron chi connectivity index (χ2n) is 9.27. The molecule has 4 aliphatic heterocycles. The third-order valence-electron chi connectivity index (χ3n) is 7.44. The van der Waals surface area contributed by atoms with E-state index in [2.05, 4.69) is 39.1 Å². The van der Waals surface area contributed by atoms with E-state index < -0.39 is 18.2 Å². The first-order chi connectivity index (χ1) is 16.4. The summed E-state index contributed by atoms with van der Waals surface area (Å²) in [6.45, 7) is 10.0. The van der Waals surface area contributed by atoms with Crippen molar-refractivity contribution in [1.29, 1.82) is 0 Å². The number of hydrogen-bond acceptors (Lipinski definition) is 8. The summed E-state index contributed by atoms with van der Waals surface area (Å²) in [7, 11) is 3.38. The first kappa shape index (κ1) is 22.5. The number of likely N-dealkylation sites (N-methyl/N-ethyl adjacent to an activating group) is 1. The topological polar surface area (TPSA) is 84.0 Å². The molecule has 5 rings (SSSR count). The SMILES string of the molecule is COc1ccc(N2CCN(CCCN3C4=NC5C(C(=O)NC(=O)N5C)N4C(C)=C3C)CC2)cc1. The van der Waals surface area contributed by atoms with E-state index in [1.165, 1.54) is 10.6 Å². The molecule has 0 bridgehead atoms. The number of allylic oxidation sites excluding steroid dienone is 2. The van der Waals surface area contributed by atoms with Crippen LogP contribution in [0.5, 0.6) is 5.75 Å². The summed E-state index contributed by atoms with van der Waals surface area (Å²) in [6, 6.07) is 7.38. The number of fused-ring (bicyclic) bond motifs is 3. The Morgan fingerprint density at radius 1 is 1.03 bits per heavy atom. The van der Waals surface area contributed by atoms with Crippen molar-refractivity contribution in [2.45, 2.75) is 32.5 Å². The molecule has 10 nitrogen and oxygen atoms in total. The van der Waals surface area contributed by atoms with Gasteiger partial charge in [0.2, 0.25) is 5.96 Å². The predicted octanol–water partition coefficient (Wildman–Crippen LogP) is 1.32. The van der Waals surface area contributed by atoms with Gasteiger partial charge in [-0.05, 0) is 51.1 Å².